The SMILES string of the molecule is CNc1cccc(COCC2CCCCCC2)n1. The lowest BCUT2D eigenvalue weighted by Gasteiger charge is -2.14. The highest BCUT2D eigenvalue weighted by molar-refractivity contribution is 5.33. The number of nitrogens with zero attached hydrogens (tertiary/aromatic N) is 1. The molecule has 1 aliphatic rings. The predicted molar refractivity (Wildman–Crippen MR) is 74.6 cm³/mol. The second-order valence-corrected chi connectivity index (χ2v) is 5.14. The molecule has 1 aromatic rings. The van der Waals surface area contributed by atoms with E-state index in [-0.39, 0.29) is 0 Å². The van der Waals surface area contributed by atoms with Gasteiger partial charge in [-0.25, -0.2) is 4.98 Å². The first-order valence-electron chi connectivity index (χ1n) is 7.10. The lowest BCUT2D eigenvalue weighted by Crippen LogP contribution is -2.09. The minimum absolute atomic E-state index is 0.631. The highest BCUT2D eigenvalue weighted by Gasteiger charge is 2.12. The largest absolute Gasteiger partial charge is 0.375 e. The summed E-state index contributed by atoms with van der Waals surface area (Å²) in [5.74, 6) is 1.67. The Morgan fingerprint density at radius 3 is 2.72 bits per heavy atom. The van der Waals surface area contributed by atoms with Crippen molar-refractivity contribution in [1.82, 2.24) is 4.98 Å². The van der Waals surface area contributed by atoms with E-state index in [4.69, 9.17) is 4.74 Å². The van der Waals surface area contributed by atoms with Crippen LogP contribution in [0.25, 0.3) is 0 Å². The first kappa shape index (κ1) is 13.3. The topological polar surface area (TPSA) is 34.1 Å². The molecule has 0 aliphatic heterocycles. The lowest BCUT2D eigenvalue weighted by molar-refractivity contribution is 0.0799. The summed E-state index contributed by atoms with van der Waals surface area (Å²) in [5, 5.41) is 3.05. The fourth-order valence-corrected chi connectivity index (χ4v) is 2.56. The molecule has 0 radical (unpaired) electrons. The molecule has 0 bridgehead atoms. The van der Waals surface area contributed by atoms with Crippen LogP contribution < -0.4 is 5.32 Å². The van der Waals surface area contributed by atoms with Crippen molar-refractivity contribution in [3.05, 3.63) is 23.9 Å². The first-order chi connectivity index (χ1) is 8.88. The van der Waals surface area contributed by atoms with Gasteiger partial charge < -0.3 is 10.1 Å². The standard InChI is InChI=1S/C15H24N2O/c1-16-15-10-6-9-14(17-15)12-18-11-13-7-4-2-3-5-8-13/h6,9-10,13H,2-5,7-8,11-12H2,1H3,(H,16,17). The van der Waals surface area contributed by atoms with Crippen molar-refractivity contribution in [2.75, 3.05) is 19.0 Å². The summed E-state index contributed by atoms with van der Waals surface area (Å²) in [6, 6.07) is 6.01. The molecule has 1 fully saturated rings. The Bertz CT molecular complexity index is 346. The highest BCUT2D eigenvalue weighted by atomic mass is 16.5. The van der Waals surface area contributed by atoms with E-state index in [2.05, 4.69) is 10.3 Å². The maximum Gasteiger partial charge on any atom is 0.126 e. The van der Waals surface area contributed by atoms with Crippen LogP contribution in [-0.2, 0) is 11.3 Å². The van der Waals surface area contributed by atoms with E-state index >= 15 is 0 Å². The molecule has 0 amide bonds. The molecule has 1 N–H and O–H groups in total. The minimum Gasteiger partial charge on any atom is -0.375 e. The van der Waals surface area contributed by atoms with Crippen LogP contribution in [-0.4, -0.2) is 18.6 Å². The van der Waals surface area contributed by atoms with Gasteiger partial charge in [-0.1, -0.05) is 31.7 Å². The molecule has 0 atom stereocenters. The maximum absolute atomic E-state index is 5.82. The number of nitrogens with one attached hydrogen (secondary N) is 1. The molecule has 3 nitrogen and oxygen atoms in total. The summed E-state index contributed by atoms with van der Waals surface area (Å²) in [6.45, 7) is 1.53. The summed E-state index contributed by atoms with van der Waals surface area (Å²) in [7, 11) is 1.89. The predicted octanol–water partition coefficient (Wildman–Crippen LogP) is 3.61. The third-order valence-corrected chi connectivity index (χ3v) is 3.64. The summed E-state index contributed by atoms with van der Waals surface area (Å²) in [6.07, 6.45) is 8.24. The number of pyridine rings is 1. The fourth-order valence-electron chi connectivity index (χ4n) is 2.56. The highest BCUT2D eigenvalue weighted by Crippen LogP contribution is 2.23. The quantitative estimate of drug-likeness (QED) is 0.808. The zero-order valence-corrected chi connectivity index (χ0v) is 11.3. The van der Waals surface area contributed by atoms with Crippen LogP contribution >= 0.6 is 0 Å². The van der Waals surface area contributed by atoms with Crippen molar-refractivity contribution in [2.45, 2.75) is 45.1 Å². The third kappa shape index (κ3) is 4.30. The van der Waals surface area contributed by atoms with E-state index in [0.717, 1.165) is 24.0 Å². The van der Waals surface area contributed by atoms with E-state index < -0.39 is 0 Å². The number of anilines is 1. The van der Waals surface area contributed by atoms with Crippen LogP contribution in [0.3, 0.4) is 0 Å². The summed E-state index contributed by atoms with van der Waals surface area (Å²) < 4.78 is 5.82. The van der Waals surface area contributed by atoms with Gasteiger partial charge in [0.05, 0.1) is 12.3 Å². The summed E-state index contributed by atoms with van der Waals surface area (Å²) >= 11 is 0. The van der Waals surface area contributed by atoms with Gasteiger partial charge in [0, 0.05) is 13.7 Å². The zero-order chi connectivity index (χ0) is 12.6. The van der Waals surface area contributed by atoms with Crippen molar-refractivity contribution >= 4 is 5.82 Å². The van der Waals surface area contributed by atoms with Crippen molar-refractivity contribution in [1.29, 1.82) is 0 Å². The number of ether oxygens (including phenoxy) is 1. The molecule has 1 saturated carbocycles. The normalized spacial score (nSPS) is 17.4. The number of hydrogen-bond acceptors (Lipinski definition) is 3. The van der Waals surface area contributed by atoms with E-state index in [1.54, 1.807) is 0 Å². The van der Waals surface area contributed by atoms with Crippen molar-refractivity contribution in [3.63, 3.8) is 0 Å². The Morgan fingerprint density at radius 1 is 1.22 bits per heavy atom. The van der Waals surface area contributed by atoms with Gasteiger partial charge in [-0.3, -0.25) is 0 Å². The van der Waals surface area contributed by atoms with Crippen LogP contribution in [0.2, 0.25) is 0 Å². The van der Waals surface area contributed by atoms with Crippen LogP contribution in [0.5, 0.6) is 0 Å². The van der Waals surface area contributed by atoms with Crippen molar-refractivity contribution in [2.24, 2.45) is 5.92 Å². The molecule has 0 saturated heterocycles. The van der Waals surface area contributed by atoms with Gasteiger partial charge in [-0.2, -0.15) is 0 Å². The summed E-state index contributed by atoms with van der Waals surface area (Å²) in [4.78, 5) is 4.46. The Kier molecular flexibility index (Phi) is 5.46. The van der Waals surface area contributed by atoms with Gasteiger partial charge in [-0.05, 0) is 30.9 Å². The Morgan fingerprint density at radius 2 is 2.00 bits per heavy atom. The molecule has 1 aromatic heterocycles. The molecule has 3 heteroatoms. The molecule has 0 spiro atoms. The van der Waals surface area contributed by atoms with Crippen molar-refractivity contribution in [3.8, 4) is 0 Å². The van der Waals surface area contributed by atoms with Gasteiger partial charge in [0.25, 0.3) is 0 Å². The molecular weight excluding hydrogens is 224 g/mol. The fraction of sp³-hybridized carbons (Fsp3) is 0.667. The van der Waals surface area contributed by atoms with Crippen LogP contribution in [0, 0.1) is 5.92 Å². The number of rotatable bonds is 5. The number of aromatic nitrogens is 1. The molecule has 0 aromatic carbocycles. The second-order valence-electron chi connectivity index (χ2n) is 5.14. The smallest absolute Gasteiger partial charge is 0.126 e. The van der Waals surface area contributed by atoms with Crippen LogP contribution in [0.15, 0.2) is 18.2 Å². The Labute approximate surface area is 110 Å². The monoisotopic (exact) mass is 248 g/mol. The Hall–Kier alpha value is -1.09. The molecular formula is C15H24N2O. The third-order valence-electron chi connectivity index (χ3n) is 3.64. The van der Waals surface area contributed by atoms with E-state index in [9.17, 15) is 0 Å². The van der Waals surface area contributed by atoms with Gasteiger partial charge in [0.15, 0.2) is 0 Å². The number of hydrogen-bond donors (Lipinski definition) is 1. The van der Waals surface area contributed by atoms with Gasteiger partial charge in [-0.15, -0.1) is 0 Å². The van der Waals surface area contributed by atoms with Gasteiger partial charge in [0.2, 0.25) is 0 Å². The molecule has 18 heavy (non-hydrogen) atoms. The van der Waals surface area contributed by atoms with E-state index in [1.165, 1.54) is 38.5 Å². The van der Waals surface area contributed by atoms with Gasteiger partial charge in [0.1, 0.15) is 5.82 Å². The average Bonchev–Trinajstić information content (AvgIpc) is 2.68. The van der Waals surface area contributed by atoms with Crippen LogP contribution in [0.1, 0.15) is 44.2 Å². The zero-order valence-electron chi connectivity index (χ0n) is 11.3. The molecule has 1 aliphatic carbocycles. The Balaban J connectivity index is 1.73. The summed E-state index contributed by atoms with van der Waals surface area (Å²) in [5.41, 5.74) is 1.01. The molecule has 1 heterocycles. The molecule has 2 rings (SSSR count). The molecule has 100 valence electrons. The molecule has 0 unspecified atom stereocenters. The second kappa shape index (κ2) is 7.37. The first-order valence-corrected chi connectivity index (χ1v) is 7.10. The maximum atomic E-state index is 5.82. The van der Waals surface area contributed by atoms with Crippen LogP contribution in [0.4, 0.5) is 5.82 Å². The van der Waals surface area contributed by atoms with Crippen molar-refractivity contribution < 1.29 is 4.74 Å². The van der Waals surface area contributed by atoms with Gasteiger partial charge >= 0.3 is 0 Å². The van der Waals surface area contributed by atoms with E-state index in [1.807, 2.05) is 25.2 Å². The van der Waals surface area contributed by atoms with E-state index in [0.29, 0.717) is 6.61 Å². The minimum atomic E-state index is 0.631. The average molecular weight is 248 g/mol. The lowest BCUT2D eigenvalue weighted by atomic mass is 10.0.